The average molecular weight is 210 g/mol. The highest BCUT2D eigenvalue weighted by Crippen LogP contribution is 2.30. The number of carbonyl (C=O) groups is 1. The van der Waals surface area contributed by atoms with Gasteiger partial charge in [-0.15, -0.1) is 0 Å². The molecule has 0 unspecified atom stereocenters. The Morgan fingerprint density at radius 3 is 2.71 bits per heavy atom. The van der Waals surface area contributed by atoms with Gasteiger partial charge in [0.25, 0.3) is 0 Å². The van der Waals surface area contributed by atoms with Crippen molar-refractivity contribution in [3.05, 3.63) is 0 Å². The van der Waals surface area contributed by atoms with Gasteiger partial charge in [0.1, 0.15) is 0 Å². The first kappa shape index (κ1) is 11.3. The number of halogens is 3. The molecule has 0 radical (unpaired) electrons. The summed E-state index contributed by atoms with van der Waals surface area (Å²) in [6.45, 7) is 1.41. The molecular formula is C8H13F3N2O. The third kappa shape index (κ3) is 2.87. The summed E-state index contributed by atoms with van der Waals surface area (Å²) in [5.41, 5.74) is 0. The lowest BCUT2D eigenvalue weighted by Crippen LogP contribution is -2.46. The van der Waals surface area contributed by atoms with Gasteiger partial charge in [-0.05, 0) is 12.8 Å². The van der Waals surface area contributed by atoms with Gasteiger partial charge in [-0.25, -0.2) is 4.90 Å². The number of nitrogens with zero attached hydrogens (tertiary/aromatic N) is 1. The highest BCUT2D eigenvalue weighted by molar-refractivity contribution is 5.72. The third-order valence-corrected chi connectivity index (χ3v) is 2.29. The second-order valence-electron chi connectivity index (χ2n) is 3.39. The van der Waals surface area contributed by atoms with Gasteiger partial charge in [-0.2, -0.15) is 13.2 Å². The van der Waals surface area contributed by atoms with Crippen LogP contribution in [0.4, 0.5) is 13.2 Å². The van der Waals surface area contributed by atoms with Crippen LogP contribution in [0.1, 0.15) is 19.8 Å². The molecule has 0 saturated carbocycles. The highest BCUT2D eigenvalue weighted by Gasteiger charge is 2.44. The van der Waals surface area contributed by atoms with Gasteiger partial charge in [0, 0.05) is 26.1 Å². The smallest absolute Gasteiger partial charge is 0.355 e. The van der Waals surface area contributed by atoms with Crippen LogP contribution in [0.25, 0.3) is 0 Å². The van der Waals surface area contributed by atoms with E-state index in [1.165, 1.54) is 6.92 Å². The Hall–Kier alpha value is -0.780. The van der Waals surface area contributed by atoms with Crippen LogP contribution in [0.3, 0.4) is 0 Å². The molecule has 1 N–H and O–H groups in total. The molecule has 0 aromatic heterocycles. The standard InChI is InChI=1S/C8H13F3N2O/c1-6(14)12-5-7-3-2-4-13(7)8(9,10)11/h7H,2-5H2,1H3,(H,12,14)/t7-/m1/s1. The molecule has 3 nitrogen and oxygen atoms in total. The fourth-order valence-corrected chi connectivity index (χ4v) is 1.64. The van der Waals surface area contributed by atoms with Gasteiger partial charge in [0.15, 0.2) is 0 Å². The summed E-state index contributed by atoms with van der Waals surface area (Å²) < 4.78 is 37.0. The topological polar surface area (TPSA) is 32.3 Å². The molecule has 0 aromatic rings. The highest BCUT2D eigenvalue weighted by atomic mass is 19.4. The predicted molar refractivity (Wildman–Crippen MR) is 44.5 cm³/mol. The second-order valence-corrected chi connectivity index (χ2v) is 3.39. The summed E-state index contributed by atoms with van der Waals surface area (Å²) >= 11 is 0. The molecule has 1 heterocycles. The van der Waals surface area contributed by atoms with Crippen molar-refractivity contribution in [1.82, 2.24) is 10.2 Å². The number of nitrogens with one attached hydrogen (secondary N) is 1. The van der Waals surface area contributed by atoms with Crippen molar-refractivity contribution in [3.63, 3.8) is 0 Å². The molecule has 82 valence electrons. The van der Waals surface area contributed by atoms with Gasteiger partial charge in [0.2, 0.25) is 5.91 Å². The number of hydrogen-bond acceptors (Lipinski definition) is 2. The Labute approximate surface area is 80.3 Å². The minimum atomic E-state index is -4.28. The first-order chi connectivity index (χ1) is 6.41. The zero-order valence-electron chi connectivity index (χ0n) is 7.90. The molecule has 1 fully saturated rings. The zero-order chi connectivity index (χ0) is 10.8. The van der Waals surface area contributed by atoms with Crippen LogP contribution in [0.2, 0.25) is 0 Å². The molecule has 14 heavy (non-hydrogen) atoms. The van der Waals surface area contributed by atoms with Crippen LogP contribution < -0.4 is 5.32 Å². The van der Waals surface area contributed by atoms with E-state index < -0.39 is 12.3 Å². The predicted octanol–water partition coefficient (Wildman–Crippen LogP) is 1.11. The normalized spacial score (nSPS) is 23.9. The molecule has 1 atom stereocenters. The third-order valence-electron chi connectivity index (χ3n) is 2.29. The molecule has 0 spiro atoms. The number of alkyl halides is 3. The fourth-order valence-electron chi connectivity index (χ4n) is 1.64. The number of likely N-dealkylation sites (tertiary alicyclic amines) is 1. The Kier molecular flexibility index (Phi) is 3.36. The molecular weight excluding hydrogens is 197 g/mol. The average Bonchev–Trinajstić information content (AvgIpc) is 2.46. The van der Waals surface area contributed by atoms with E-state index >= 15 is 0 Å². The van der Waals surface area contributed by atoms with E-state index in [4.69, 9.17) is 0 Å². The van der Waals surface area contributed by atoms with Crippen LogP contribution >= 0.6 is 0 Å². The molecule has 1 saturated heterocycles. The molecule has 0 aliphatic carbocycles. The van der Waals surface area contributed by atoms with E-state index in [1.54, 1.807) is 0 Å². The van der Waals surface area contributed by atoms with E-state index in [0.29, 0.717) is 17.7 Å². The van der Waals surface area contributed by atoms with E-state index in [1.807, 2.05) is 0 Å². The maximum absolute atomic E-state index is 12.3. The molecule has 1 aliphatic heterocycles. The van der Waals surface area contributed by atoms with Gasteiger partial charge < -0.3 is 5.32 Å². The van der Waals surface area contributed by atoms with Crippen molar-refractivity contribution in [2.24, 2.45) is 0 Å². The SMILES string of the molecule is CC(=O)NC[C@H]1CCCN1C(F)(F)F. The van der Waals surface area contributed by atoms with Gasteiger partial charge in [-0.3, -0.25) is 4.79 Å². The monoisotopic (exact) mass is 210 g/mol. The Balaban J connectivity index is 2.47. The van der Waals surface area contributed by atoms with Crippen LogP contribution in [0.5, 0.6) is 0 Å². The lowest BCUT2D eigenvalue weighted by molar-refractivity contribution is -0.249. The fraction of sp³-hybridized carbons (Fsp3) is 0.875. The summed E-state index contributed by atoms with van der Waals surface area (Å²) in [5, 5.41) is 2.41. The van der Waals surface area contributed by atoms with Gasteiger partial charge >= 0.3 is 6.30 Å². The maximum atomic E-state index is 12.3. The first-order valence-electron chi connectivity index (χ1n) is 4.49. The van der Waals surface area contributed by atoms with Crippen molar-refractivity contribution in [2.45, 2.75) is 32.1 Å². The van der Waals surface area contributed by atoms with Crippen molar-refractivity contribution in [3.8, 4) is 0 Å². The molecule has 1 amide bonds. The number of amides is 1. The molecule has 6 heteroatoms. The van der Waals surface area contributed by atoms with E-state index in [-0.39, 0.29) is 19.0 Å². The van der Waals surface area contributed by atoms with Crippen LogP contribution in [-0.2, 0) is 4.79 Å². The van der Waals surface area contributed by atoms with Crippen molar-refractivity contribution >= 4 is 5.91 Å². The number of rotatable bonds is 2. The second kappa shape index (κ2) is 4.16. The van der Waals surface area contributed by atoms with Gasteiger partial charge in [0.05, 0.1) is 0 Å². The summed E-state index contributed by atoms with van der Waals surface area (Å²) in [6, 6.07) is -0.598. The van der Waals surface area contributed by atoms with E-state index in [0.717, 1.165) is 0 Å². The summed E-state index contributed by atoms with van der Waals surface area (Å²) in [6.07, 6.45) is -3.26. The molecule has 0 aromatic carbocycles. The summed E-state index contributed by atoms with van der Waals surface area (Å²) in [5.74, 6) is -0.293. The summed E-state index contributed by atoms with van der Waals surface area (Å²) in [4.78, 5) is 11.0. The van der Waals surface area contributed by atoms with E-state index in [2.05, 4.69) is 5.32 Å². The Bertz CT molecular complexity index is 217. The quantitative estimate of drug-likeness (QED) is 0.692. The van der Waals surface area contributed by atoms with Crippen LogP contribution in [0.15, 0.2) is 0 Å². The summed E-state index contributed by atoms with van der Waals surface area (Å²) in [7, 11) is 0. The minimum Gasteiger partial charge on any atom is -0.355 e. The Morgan fingerprint density at radius 2 is 2.21 bits per heavy atom. The largest absolute Gasteiger partial charge is 0.460 e. The Morgan fingerprint density at radius 1 is 1.57 bits per heavy atom. The zero-order valence-corrected chi connectivity index (χ0v) is 7.90. The van der Waals surface area contributed by atoms with Crippen molar-refractivity contribution < 1.29 is 18.0 Å². The maximum Gasteiger partial charge on any atom is 0.460 e. The molecule has 0 bridgehead atoms. The number of hydrogen-bond donors (Lipinski definition) is 1. The lowest BCUT2D eigenvalue weighted by atomic mass is 10.2. The van der Waals surface area contributed by atoms with Crippen LogP contribution in [-0.4, -0.2) is 36.2 Å². The first-order valence-corrected chi connectivity index (χ1v) is 4.49. The molecule has 1 rings (SSSR count). The van der Waals surface area contributed by atoms with Crippen molar-refractivity contribution in [1.29, 1.82) is 0 Å². The van der Waals surface area contributed by atoms with Crippen LogP contribution in [0, 0.1) is 0 Å². The number of carbonyl (C=O) groups excluding carboxylic acids is 1. The van der Waals surface area contributed by atoms with Crippen molar-refractivity contribution in [2.75, 3.05) is 13.1 Å². The minimum absolute atomic E-state index is 0.0355. The molecule has 1 aliphatic rings. The lowest BCUT2D eigenvalue weighted by Gasteiger charge is -2.26. The van der Waals surface area contributed by atoms with Gasteiger partial charge in [-0.1, -0.05) is 0 Å². The van der Waals surface area contributed by atoms with E-state index in [9.17, 15) is 18.0 Å².